The van der Waals surface area contributed by atoms with E-state index in [4.69, 9.17) is 0 Å². The number of halogens is 1. The zero-order valence-corrected chi connectivity index (χ0v) is 9.72. The van der Waals surface area contributed by atoms with Gasteiger partial charge in [0.15, 0.2) is 6.29 Å². The second-order valence-electron chi connectivity index (χ2n) is 4.03. The van der Waals surface area contributed by atoms with Gasteiger partial charge in [0.2, 0.25) is 0 Å². The third kappa shape index (κ3) is 2.11. The zero-order chi connectivity index (χ0) is 12.4. The normalized spacial score (nSPS) is 12.4. The fourth-order valence-corrected chi connectivity index (χ4v) is 1.76. The third-order valence-corrected chi connectivity index (χ3v) is 2.91. The summed E-state index contributed by atoms with van der Waals surface area (Å²) >= 11 is 0. The smallest absolute Gasteiger partial charge is 0.168 e. The van der Waals surface area contributed by atoms with Gasteiger partial charge in [0.05, 0.1) is 18.6 Å². The number of carbonyl (C=O) groups is 1. The molecule has 0 aliphatic carbocycles. The molecule has 0 aliphatic heterocycles. The second-order valence-corrected chi connectivity index (χ2v) is 4.03. The fourth-order valence-electron chi connectivity index (χ4n) is 1.76. The van der Waals surface area contributed by atoms with Crippen molar-refractivity contribution in [1.82, 2.24) is 9.55 Å². The summed E-state index contributed by atoms with van der Waals surface area (Å²) < 4.78 is 15.2. The van der Waals surface area contributed by atoms with E-state index in [-0.39, 0.29) is 11.9 Å². The number of aromatic nitrogens is 2. The van der Waals surface area contributed by atoms with E-state index >= 15 is 0 Å². The molecular formula is C13H13FN2O. The van der Waals surface area contributed by atoms with Crippen LogP contribution in [0, 0.1) is 12.7 Å². The Morgan fingerprint density at radius 1 is 1.47 bits per heavy atom. The van der Waals surface area contributed by atoms with E-state index < -0.39 is 0 Å². The molecule has 0 aliphatic rings. The zero-order valence-electron chi connectivity index (χ0n) is 9.72. The summed E-state index contributed by atoms with van der Waals surface area (Å²) in [6.07, 6.45) is 3.81. The Kier molecular flexibility index (Phi) is 3.04. The first-order valence-corrected chi connectivity index (χ1v) is 5.36. The van der Waals surface area contributed by atoms with Crippen LogP contribution in [-0.2, 0) is 0 Å². The van der Waals surface area contributed by atoms with Gasteiger partial charge in [-0.1, -0.05) is 12.1 Å². The maximum atomic E-state index is 13.5. The molecule has 0 radical (unpaired) electrons. The van der Waals surface area contributed by atoms with Gasteiger partial charge in [0.25, 0.3) is 0 Å². The minimum atomic E-state index is -0.234. The molecule has 1 aromatic heterocycles. The number of aldehydes is 1. The molecular weight excluding hydrogens is 219 g/mol. The summed E-state index contributed by atoms with van der Waals surface area (Å²) in [4.78, 5) is 14.7. The number of imidazole rings is 1. The highest BCUT2D eigenvalue weighted by Gasteiger charge is 2.12. The van der Waals surface area contributed by atoms with Crippen molar-refractivity contribution in [3.05, 3.63) is 53.4 Å². The Morgan fingerprint density at radius 3 is 2.88 bits per heavy atom. The van der Waals surface area contributed by atoms with Crippen molar-refractivity contribution < 1.29 is 9.18 Å². The molecule has 17 heavy (non-hydrogen) atoms. The van der Waals surface area contributed by atoms with Crippen molar-refractivity contribution in [2.75, 3.05) is 0 Å². The number of hydrogen-bond donors (Lipinski definition) is 0. The van der Waals surface area contributed by atoms with Crippen LogP contribution in [0.3, 0.4) is 0 Å². The summed E-state index contributed by atoms with van der Waals surface area (Å²) in [5.41, 5.74) is 1.91. The average molecular weight is 232 g/mol. The van der Waals surface area contributed by atoms with Crippen molar-refractivity contribution in [1.29, 1.82) is 0 Å². The van der Waals surface area contributed by atoms with Gasteiger partial charge < -0.3 is 4.57 Å². The predicted octanol–water partition coefficient (Wildman–Crippen LogP) is 2.75. The van der Waals surface area contributed by atoms with Crippen molar-refractivity contribution >= 4 is 6.29 Å². The molecule has 0 saturated heterocycles. The number of aryl methyl sites for hydroxylation is 1. The van der Waals surface area contributed by atoms with Crippen molar-refractivity contribution in [2.24, 2.45) is 0 Å². The van der Waals surface area contributed by atoms with E-state index in [0.29, 0.717) is 11.3 Å². The maximum absolute atomic E-state index is 13.5. The van der Waals surface area contributed by atoms with Gasteiger partial charge in [-0.15, -0.1) is 0 Å². The van der Waals surface area contributed by atoms with Crippen LogP contribution >= 0.6 is 0 Å². The lowest BCUT2D eigenvalue weighted by molar-refractivity contribution is 0.111. The van der Waals surface area contributed by atoms with Crippen LogP contribution in [0.15, 0.2) is 30.7 Å². The first-order valence-electron chi connectivity index (χ1n) is 5.36. The molecule has 1 heterocycles. The molecule has 88 valence electrons. The van der Waals surface area contributed by atoms with Gasteiger partial charge in [-0.25, -0.2) is 9.37 Å². The van der Waals surface area contributed by atoms with E-state index in [0.717, 1.165) is 11.8 Å². The molecule has 4 heteroatoms. The lowest BCUT2D eigenvalue weighted by Gasteiger charge is -2.15. The maximum Gasteiger partial charge on any atom is 0.168 e. The van der Waals surface area contributed by atoms with Crippen LogP contribution < -0.4 is 0 Å². The third-order valence-electron chi connectivity index (χ3n) is 2.91. The fraction of sp³-hybridized carbons (Fsp3) is 0.231. The molecule has 0 spiro atoms. The molecule has 0 bridgehead atoms. The molecule has 2 rings (SSSR count). The molecule has 0 fully saturated rings. The number of carbonyl (C=O) groups excluding carboxylic acids is 1. The molecule has 1 unspecified atom stereocenters. The van der Waals surface area contributed by atoms with Crippen molar-refractivity contribution in [3.63, 3.8) is 0 Å². The highest BCUT2D eigenvalue weighted by molar-refractivity contribution is 5.71. The van der Waals surface area contributed by atoms with E-state index in [1.54, 1.807) is 23.9 Å². The summed E-state index contributed by atoms with van der Waals surface area (Å²) in [7, 11) is 0. The number of nitrogens with zero attached hydrogens (tertiary/aromatic N) is 2. The number of hydrogen-bond acceptors (Lipinski definition) is 2. The van der Waals surface area contributed by atoms with Crippen LogP contribution in [0.4, 0.5) is 4.39 Å². The van der Waals surface area contributed by atoms with Crippen LogP contribution in [0.5, 0.6) is 0 Å². The quantitative estimate of drug-likeness (QED) is 0.763. The van der Waals surface area contributed by atoms with E-state index in [1.807, 2.05) is 13.0 Å². The first-order chi connectivity index (χ1) is 8.13. The Balaban J connectivity index is 2.40. The molecule has 0 amide bonds. The standard InChI is InChI=1S/C13H13FN2O/c1-9-3-4-11(5-13(9)14)10(2)16-8-15-6-12(16)7-17/h3-8,10H,1-2H3. The highest BCUT2D eigenvalue weighted by Crippen LogP contribution is 2.21. The molecule has 0 N–H and O–H groups in total. The Bertz CT molecular complexity index is 548. The van der Waals surface area contributed by atoms with Crippen molar-refractivity contribution in [2.45, 2.75) is 19.9 Å². The lowest BCUT2D eigenvalue weighted by Crippen LogP contribution is -2.09. The molecule has 1 aromatic carbocycles. The van der Waals surface area contributed by atoms with Crippen LogP contribution in [0.2, 0.25) is 0 Å². The summed E-state index contributed by atoms with van der Waals surface area (Å²) in [6, 6.07) is 4.97. The number of rotatable bonds is 3. The molecule has 2 aromatic rings. The Morgan fingerprint density at radius 2 is 2.24 bits per heavy atom. The van der Waals surface area contributed by atoms with Crippen LogP contribution in [-0.4, -0.2) is 15.8 Å². The van der Waals surface area contributed by atoms with Crippen LogP contribution in [0.1, 0.15) is 34.6 Å². The monoisotopic (exact) mass is 232 g/mol. The van der Waals surface area contributed by atoms with Crippen molar-refractivity contribution in [3.8, 4) is 0 Å². The van der Waals surface area contributed by atoms with E-state index in [9.17, 15) is 9.18 Å². The topological polar surface area (TPSA) is 34.9 Å². The summed E-state index contributed by atoms with van der Waals surface area (Å²) in [5.74, 6) is -0.234. The first kappa shape index (κ1) is 11.5. The average Bonchev–Trinajstić information content (AvgIpc) is 2.80. The van der Waals surface area contributed by atoms with E-state index in [1.165, 1.54) is 12.3 Å². The predicted molar refractivity (Wildman–Crippen MR) is 62.6 cm³/mol. The van der Waals surface area contributed by atoms with Crippen LogP contribution in [0.25, 0.3) is 0 Å². The lowest BCUT2D eigenvalue weighted by atomic mass is 10.1. The van der Waals surface area contributed by atoms with Gasteiger partial charge in [-0.3, -0.25) is 4.79 Å². The number of benzene rings is 1. The SMILES string of the molecule is Cc1ccc(C(C)n2cncc2C=O)cc1F. The van der Waals surface area contributed by atoms with E-state index in [2.05, 4.69) is 4.98 Å². The Hall–Kier alpha value is -1.97. The minimum Gasteiger partial charge on any atom is -0.321 e. The second kappa shape index (κ2) is 4.49. The summed E-state index contributed by atoms with van der Waals surface area (Å²) in [5, 5.41) is 0. The van der Waals surface area contributed by atoms with Gasteiger partial charge in [-0.05, 0) is 31.0 Å². The molecule has 3 nitrogen and oxygen atoms in total. The van der Waals surface area contributed by atoms with Gasteiger partial charge >= 0.3 is 0 Å². The minimum absolute atomic E-state index is 0.118. The Labute approximate surface area is 98.9 Å². The molecule has 0 saturated carbocycles. The van der Waals surface area contributed by atoms with Gasteiger partial charge in [-0.2, -0.15) is 0 Å². The summed E-state index contributed by atoms with van der Waals surface area (Å²) in [6.45, 7) is 3.62. The largest absolute Gasteiger partial charge is 0.321 e. The van der Waals surface area contributed by atoms with Gasteiger partial charge in [0.1, 0.15) is 11.5 Å². The van der Waals surface area contributed by atoms with Gasteiger partial charge in [0, 0.05) is 0 Å². The molecule has 1 atom stereocenters. The highest BCUT2D eigenvalue weighted by atomic mass is 19.1.